The Morgan fingerprint density at radius 1 is 1.25 bits per heavy atom. The van der Waals surface area contributed by atoms with E-state index < -0.39 is 17.0 Å². The van der Waals surface area contributed by atoms with Crippen LogP contribution < -0.4 is 11.2 Å². The molecule has 20 heavy (non-hydrogen) atoms. The molecule has 1 aromatic carbocycles. The van der Waals surface area contributed by atoms with Gasteiger partial charge in [0, 0.05) is 11.1 Å². The van der Waals surface area contributed by atoms with Crippen LogP contribution in [0.3, 0.4) is 0 Å². The van der Waals surface area contributed by atoms with Crippen LogP contribution >= 0.6 is 0 Å². The van der Waals surface area contributed by atoms with Crippen LogP contribution in [-0.2, 0) is 11.2 Å². The van der Waals surface area contributed by atoms with Crippen LogP contribution in [0.4, 0.5) is 0 Å². The van der Waals surface area contributed by atoms with Crippen LogP contribution in [0.2, 0.25) is 0 Å². The Balaban J connectivity index is 2.79. The zero-order valence-electron chi connectivity index (χ0n) is 10.8. The van der Waals surface area contributed by atoms with E-state index in [-0.39, 0.29) is 24.1 Å². The van der Waals surface area contributed by atoms with E-state index in [0.29, 0.717) is 10.1 Å². The second kappa shape index (κ2) is 5.48. The summed E-state index contributed by atoms with van der Waals surface area (Å²) in [5.41, 5.74) is -1.31. The highest BCUT2D eigenvalue weighted by Gasteiger charge is 2.21. The van der Waals surface area contributed by atoms with E-state index in [2.05, 4.69) is 0 Å². The fraction of sp³-hybridized carbons (Fsp3) is 0.143. The van der Waals surface area contributed by atoms with Crippen molar-refractivity contribution in [2.75, 3.05) is 0 Å². The molecule has 2 aromatic rings. The fourth-order valence-corrected chi connectivity index (χ4v) is 1.99. The van der Waals surface area contributed by atoms with Crippen LogP contribution in [0, 0.1) is 0 Å². The number of hydrogen-bond donors (Lipinski definition) is 1. The molecule has 0 unspecified atom stereocenters. The maximum atomic E-state index is 12.4. The van der Waals surface area contributed by atoms with E-state index in [0.717, 1.165) is 0 Å². The SMILES string of the molecule is CCc1c(C(=O)c2ccccc2)n(C=O)c(=O)[nH]c1=O. The zero-order chi connectivity index (χ0) is 14.7. The lowest BCUT2D eigenvalue weighted by Gasteiger charge is -2.09. The van der Waals surface area contributed by atoms with Crippen LogP contribution in [0.5, 0.6) is 0 Å². The minimum atomic E-state index is -0.915. The standard InChI is InChI=1S/C14H12N2O4/c1-2-10-11(12(18)9-6-4-3-5-7-9)16(8-17)14(20)15-13(10)19/h3-8H,2H2,1H3,(H,15,19,20). The van der Waals surface area contributed by atoms with Crippen molar-refractivity contribution in [1.29, 1.82) is 0 Å². The maximum Gasteiger partial charge on any atom is 0.335 e. The minimum absolute atomic E-state index is 0.116. The van der Waals surface area contributed by atoms with Gasteiger partial charge in [0.15, 0.2) is 0 Å². The summed E-state index contributed by atoms with van der Waals surface area (Å²) in [5.74, 6) is -0.530. The summed E-state index contributed by atoms with van der Waals surface area (Å²) in [6.07, 6.45) is 0.463. The van der Waals surface area contributed by atoms with Gasteiger partial charge in [-0.3, -0.25) is 19.4 Å². The first kappa shape index (κ1) is 13.7. The van der Waals surface area contributed by atoms with Crippen molar-refractivity contribution in [3.63, 3.8) is 0 Å². The summed E-state index contributed by atoms with van der Waals surface area (Å²) >= 11 is 0. The minimum Gasteiger partial charge on any atom is -0.287 e. The zero-order valence-corrected chi connectivity index (χ0v) is 10.8. The molecule has 6 nitrogen and oxygen atoms in total. The van der Waals surface area contributed by atoms with E-state index >= 15 is 0 Å². The number of rotatable bonds is 4. The van der Waals surface area contributed by atoms with Gasteiger partial charge in [-0.1, -0.05) is 37.3 Å². The fourth-order valence-electron chi connectivity index (χ4n) is 1.99. The largest absolute Gasteiger partial charge is 0.335 e. The average molecular weight is 272 g/mol. The molecule has 0 aliphatic heterocycles. The Kier molecular flexibility index (Phi) is 3.74. The summed E-state index contributed by atoms with van der Waals surface area (Å²) in [5, 5.41) is 0. The molecule has 6 heteroatoms. The van der Waals surface area contributed by atoms with Crippen molar-refractivity contribution in [3.8, 4) is 0 Å². The molecule has 0 bridgehead atoms. The van der Waals surface area contributed by atoms with Gasteiger partial charge in [0.25, 0.3) is 5.56 Å². The Hall–Kier alpha value is -2.76. The summed E-state index contributed by atoms with van der Waals surface area (Å²) in [6, 6.07) is 8.18. The Labute approximate surface area is 113 Å². The number of nitrogens with one attached hydrogen (secondary N) is 1. The second-order valence-corrected chi connectivity index (χ2v) is 4.11. The topological polar surface area (TPSA) is 89.0 Å². The van der Waals surface area contributed by atoms with Crippen molar-refractivity contribution < 1.29 is 9.59 Å². The lowest BCUT2D eigenvalue weighted by atomic mass is 10.0. The van der Waals surface area contributed by atoms with Gasteiger partial charge >= 0.3 is 5.69 Å². The van der Waals surface area contributed by atoms with Crippen LogP contribution in [0.1, 0.15) is 28.5 Å². The van der Waals surface area contributed by atoms with Crippen molar-refractivity contribution in [2.45, 2.75) is 13.3 Å². The predicted molar refractivity (Wildman–Crippen MR) is 72.7 cm³/mol. The molecule has 0 spiro atoms. The Bertz CT molecular complexity index is 772. The molecule has 0 aliphatic carbocycles. The highest BCUT2D eigenvalue weighted by atomic mass is 16.2. The molecule has 1 N–H and O–H groups in total. The number of carbonyl (C=O) groups excluding carboxylic acids is 2. The van der Waals surface area contributed by atoms with Crippen molar-refractivity contribution in [2.24, 2.45) is 0 Å². The molecule has 0 saturated heterocycles. The molecule has 0 aliphatic rings. The number of aromatic nitrogens is 2. The smallest absolute Gasteiger partial charge is 0.287 e. The molecule has 2 rings (SSSR count). The van der Waals surface area contributed by atoms with Gasteiger partial charge in [-0.25, -0.2) is 9.36 Å². The molecule has 102 valence electrons. The summed E-state index contributed by atoms with van der Waals surface area (Å²) in [4.78, 5) is 48.9. The number of ketones is 1. The predicted octanol–water partition coefficient (Wildman–Crippen LogP) is 0.368. The average Bonchev–Trinajstić information content (AvgIpc) is 2.46. The van der Waals surface area contributed by atoms with Gasteiger partial charge < -0.3 is 0 Å². The molecule has 1 heterocycles. The van der Waals surface area contributed by atoms with Crippen LogP contribution in [0.25, 0.3) is 0 Å². The Morgan fingerprint density at radius 3 is 2.45 bits per heavy atom. The number of nitrogens with zero attached hydrogens (tertiary/aromatic N) is 1. The van der Waals surface area contributed by atoms with E-state index in [1.807, 2.05) is 4.98 Å². The van der Waals surface area contributed by atoms with Gasteiger partial charge in [-0.05, 0) is 6.42 Å². The van der Waals surface area contributed by atoms with Gasteiger partial charge in [0.2, 0.25) is 12.2 Å². The number of hydrogen-bond acceptors (Lipinski definition) is 4. The maximum absolute atomic E-state index is 12.4. The van der Waals surface area contributed by atoms with Crippen molar-refractivity contribution in [3.05, 3.63) is 68.0 Å². The monoisotopic (exact) mass is 272 g/mol. The molecular formula is C14H12N2O4. The number of H-pyrrole nitrogens is 1. The normalized spacial score (nSPS) is 10.2. The van der Waals surface area contributed by atoms with E-state index in [1.54, 1.807) is 37.3 Å². The molecule has 0 saturated carbocycles. The molecule has 1 aromatic heterocycles. The van der Waals surface area contributed by atoms with E-state index in [4.69, 9.17) is 0 Å². The number of benzene rings is 1. The van der Waals surface area contributed by atoms with Crippen LogP contribution in [-0.4, -0.2) is 21.7 Å². The highest BCUT2D eigenvalue weighted by Crippen LogP contribution is 2.10. The molecule has 0 atom stereocenters. The van der Waals surface area contributed by atoms with E-state index in [1.165, 1.54) is 0 Å². The highest BCUT2D eigenvalue weighted by molar-refractivity contribution is 6.09. The Morgan fingerprint density at radius 2 is 1.90 bits per heavy atom. The van der Waals surface area contributed by atoms with Crippen molar-refractivity contribution in [1.82, 2.24) is 9.55 Å². The third kappa shape index (κ3) is 2.23. The van der Waals surface area contributed by atoms with Gasteiger partial charge in [-0.15, -0.1) is 0 Å². The number of aromatic amines is 1. The summed E-state index contributed by atoms with van der Waals surface area (Å²) in [6.45, 7) is 1.67. The summed E-state index contributed by atoms with van der Waals surface area (Å²) in [7, 11) is 0. The first-order valence-corrected chi connectivity index (χ1v) is 6.02. The van der Waals surface area contributed by atoms with Gasteiger partial charge in [0.05, 0.1) is 0 Å². The third-order valence-electron chi connectivity index (χ3n) is 2.95. The number of carbonyl (C=O) groups is 2. The first-order chi connectivity index (χ1) is 9.60. The van der Waals surface area contributed by atoms with E-state index in [9.17, 15) is 19.2 Å². The lowest BCUT2D eigenvalue weighted by molar-refractivity contribution is 0.103. The quantitative estimate of drug-likeness (QED) is 0.643. The van der Waals surface area contributed by atoms with Gasteiger partial charge in [-0.2, -0.15) is 0 Å². The first-order valence-electron chi connectivity index (χ1n) is 6.02. The molecule has 0 radical (unpaired) electrons. The molecule has 0 amide bonds. The molecule has 0 fully saturated rings. The van der Waals surface area contributed by atoms with Gasteiger partial charge in [0.1, 0.15) is 5.69 Å². The third-order valence-corrected chi connectivity index (χ3v) is 2.95. The van der Waals surface area contributed by atoms with Crippen molar-refractivity contribution >= 4 is 12.2 Å². The molecular weight excluding hydrogens is 260 g/mol. The second-order valence-electron chi connectivity index (χ2n) is 4.11. The summed E-state index contributed by atoms with van der Waals surface area (Å²) < 4.78 is 0.634. The lowest BCUT2D eigenvalue weighted by Crippen LogP contribution is -2.37. The van der Waals surface area contributed by atoms with Crippen LogP contribution in [0.15, 0.2) is 39.9 Å².